The minimum absolute atomic E-state index is 0.262. The summed E-state index contributed by atoms with van der Waals surface area (Å²) >= 11 is 0. The summed E-state index contributed by atoms with van der Waals surface area (Å²) in [7, 11) is 0. The molecule has 2 heteroatoms. The maximum atomic E-state index is 12.1. The molecule has 2 rings (SSSR count). The molecule has 1 saturated heterocycles. The number of rotatable bonds is 3. The first-order valence-corrected chi connectivity index (χ1v) is 6.14. The van der Waals surface area contributed by atoms with Crippen LogP contribution in [0.3, 0.4) is 0 Å². The van der Waals surface area contributed by atoms with Gasteiger partial charge in [0.15, 0.2) is 0 Å². The summed E-state index contributed by atoms with van der Waals surface area (Å²) in [6.07, 6.45) is 3.20. The van der Waals surface area contributed by atoms with Crippen molar-refractivity contribution in [2.24, 2.45) is 5.92 Å². The maximum Gasteiger partial charge on any atom is 0.225 e. The predicted octanol–water partition coefficient (Wildman–Crippen LogP) is 2.84. The average Bonchev–Trinajstić information content (AvgIpc) is 2.33. The molecule has 1 aliphatic rings. The highest BCUT2D eigenvalue weighted by Crippen LogP contribution is 2.22. The van der Waals surface area contributed by atoms with Crippen molar-refractivity contribution in [3.63, 3.8) is 0 Å². The number of amides is 1. The molecule has 1 heterocycles. The highest BCUT2D eigenvalue weighted by Gasteiger charge is 2.26. The second-order valence-corrected chi connectivity index (χ2v) is 4.49. The number of likely N-dealkylation sites (tertiary alicyclic amines) is 1. The summed E-state index contributed by atoms with van der Waals surface area (Å²) in [5.41, 5.74) is 1.23. The monoisotopic (exact) mass is 217 g/mol. The molecule has 1 aromatic rings. The van der Waals surface area contributed by atoms with Crippen molar-refractivity contribution in [1.29, 1.82) is 0 Å². The molecule has 0 N–H and O–H groups in total. The molecule has 0 aliphatic carbocycles. The van der Waals surface area contributed by atoms with E-state index in [0.29, 0.717) is 5.91 Å². The van der Waals surface area contributed by atoms with Crippen molar-refractivity contribution in [1.82, 2.24) is 4.90 Å². The van der Waals surface area contributed by atoms with E-state index in [4.69, 9.17) is 0 Å². The normalized spacial score (nSPS) is 21.2. The third-order valence-electron chi connectivity index (χ3n) is 3.35. The first-order chi connectivity index (χ1) is 7.81. The van der Waals surface area contributed by atoms with Gasteiger partial charge in [0, 0.05) is 19.0 Å². The van der Waals surface area contributed by atoms with Gasteiger partial charge in [0.25, 0.3) is 0 Å². The van der Waals surface area contributed by atoms with Gasteiger partial charge in [0.05, 0.1) is 0 Å². The van der Waals surface area contributed by atoms with Crippen LogP contribution >= 0.6 is 0 Å². The van der Waals surface area contributed by atoms with Gasteiger partial charge in [0.1, 0.15) is 0 Å². The van der Waals surface area contributed by atoms with Gasteiger partial charge in [-0.15, -0.1) is 0 Å². The first-order valence-electron chi connectivity index (χ1n) is 6.14. The predicted molar refractivity (Wildman–Crippen MR) is 64.9 cm³/mol. The fourth-order valence-corrected chi connectivity index (χ4v) is 2.36. The second kappa shape index (κ2) is 5.15. The summed E-state index contributed by atoms with van der Waals surface area (Å²) in [5.74, 6) is 0.607. The number of hydrogen-bond donors (Lipinski definition) is 0. The highest BCUT2D eigenvalue weighted by molar-refractivity contribution is 5.79. The number of carbonyl (C=O) groups excluding carboxylic acids is 1. The molecule has 1 atom stereocenters. The van der Waals surface area contributed by atoms with Crippen molar-refractivity contribution in [3.05, 3.63) is 35.9 Å². The Morgan fingerprint density at radius 2 is 2.06 bits per heavy atom. The second-order valence-electron chi connectivity index (χ2n) is 4.49. The summed E-state index contributed by atoms with van der Waals surface area (Å²) < 4.78 is 0. The Morgan fingerprint density at radius 1 is 1.31 bits per heavy atom. The lowest BCUT2D eigenvalue weighted by Gasteiger charge is -2.31. The van der Waals surface area contributed by atoms with E-state index in [1.807, 2.05) is 23.1 Å². The molecule has 16 heavy (non-hydrogen) atoms. The molecule has 0 unspecified atom stereocenters. The molecular weight excluding hydrogens is 198 g/mol. The van der Waals surface area contributed by atoms with Crippen LogP contribution in [0, 0.1) is 5.92 Å². The molecular formula is C14H19NO. The van der Waals surface area contributed by atoms with Crippen molar-refractivity contribution < 1.29 is 4.79 Å². The lowest BCUT2D eigenvalue weighted by atomic mass is 9.94. The van der Waals surface area contributed by atoms with Crippen LogP contribution in [0.2, 0.25) is 0 Å². The fourth-order valence-electron chi connectivity index (χ4n) is 2.36. The zero-order valence-corrected chi connectivity index (χ0v) is 9.86. The number of nitrogens with zero attached hydrogens (tertiary/aromatic N) is 1. The summed E-state index contributed by atoms with van der Waals surface area (Å²) in [4.78, 5) is 14.1. The Morgan fingerprint density at radius 3 is 2.75 bits per heavy atom. The molecule has 2 nitrogen and oxygen atoms in total. The molecule has 1 aliphatic heterocycles. The van der Waals surface area contributed by atoms with E-state index in [0.717, 1.165) is 32.4 Å². The van der Waals surface area contributed by atoms with Crippen LogP contribution in [0.4, 0.5) is 0 Å². The molecule has 0 saturated carbocycles. The minimum Gasteiger partial charge on any atom is -0.338 e. The van der Waals surface area contributed by atoms with Gasteiger partial charge in [-0.05, 0) is 24.8 Å². The highest BCUT2D eigenvalue weighted by atomic mass is 16.2. The Balaban J connectivity index is 2.02. The lowest BCUT2D eigenvalue weighted by Crippen LogP contribution is -2.40. The number of benzene rings is 1. The SMILES string of the molecule is CC[C@@H]1CCCN(Cc2ccccc2)C1=O. The van der Waals surface area contributed by atoms with E-state index in [-0.39, 0.29) is 5.92 Å². The van der Waals surface area contributed by atoms with Crippen LogP contribution < -0.4 is 0 Å². The van der Waals surface area contributed by atoms with Gasteiger partial charge >= 0.3 is 0 Å². The largest absolute Gasteiger partial charge is 0.338 e. The van der Waals surface area contributed by atoms with E-state index in [9.17, 15) is 4.79 Å². The van der Waals surface area contributed by atoms with E-state index >= 15 is 0 Å². The van der Waals surface area contributed by atoms with Crippen molar-refractivity contribution in [2.75, 3.05) is 6.54 Å². The summed E-state index contributed by atoms with van der Waals surface area (Å²) in [6, 6.07) is 10.2. The Labute approximate surface area is 97.3 Å². The Hall–Kier alpha value is -1.31. The average molecular weight is 217 g/mol. The molecule has 86 valence electrons. The van der Waals surface area contributed by atoms with Crippen LogP contribution in [0.25, 0.3) is 0 Å². The van der Waals surface area contributed by atoms with Gasteiger partial charge in [-0.25, -0.2) is 0 Å². The van der Waals surface area contributed by atoms with Crippen LogP contribution in [-0.4, -0.2) is 17.4 Å². The zero-order chi connectivity index (χ0) is 11.4. The van der Waals surface area contributed by atoms with E-state index < -0.39 is 0 Å². The molecule has 0 radical (unpaired) electrons. The molecule has 0 aromatic heterocycles. The maximum absolute atomic E-state index is 12.1. The van der Waals surface area contributed by atoms with Crippen LogP contribution in [0.1, 0.15) is 31.7 Å². The summed E-state index contributed by atoms with van der Waals surface area (Å²) in [5, 5.41) is 0. The van der Waals surface area contributed by atoms with Gasteiger partial charge in [-0.2, -0.15) is 0 Å². The standard InChI is InChI=1S/C14H19NO/c1-2-13-9-6-10-15(14(13)16)11-12-7-4-3-5-8-12/h3-5,7-8,13H,2,6,9-11H2,1H3/t13-/m1/s1. The fraction of sp³-hybridized carbons (Fsp3) is 0.500. The number of hydrogen-bond acceptors (Lipinski definition) is 1. The molecule has 0 spiro atoms. The number of piperidine rings is 1. The molecule has 0 bridgehead atoms. The quantitative estimate of drug-likeness (QED) is 0.762. The lowest BCUT2D eigenvalue weighted by molar-refractivity contribution is -0.139. The topological polar surface area (TPSA) is 20.3 Å². The third-order valence-corrected chi connectivity index (χ3v) is 3.35. The van der Waals surface area contributed by atoms with Crippen molar-refractivity contribution >= 4 is 5.91 Å². The van der Waals surface area contributed by atoms with E-state index in [1.165, 1.54) is 5.56 Å². The van der Waals surface area contributed by atoms with Crippen LogP contribution in [0.15, 0.2) is 30.3 Å². The van der Waals surface area contributed by atoms with Gasteiger partial charge < -0.3 is 4.90 Å². The van der Waals surface area contributed by atoms with Gasteiger partial charge in [0.2, 0.25) is 5.91 Å². The Kier molecular flexibility index (Phi) is 3.60. The molecule has 1 fully saturated rings. The van der Waals surface area contributed by atoms with E-state index in [2.05, 4.69) is 19.1 Å². The Bertz CT molecular complexity index is 347. The van der Waals surface area contributed by atoms with E-state index in [1.54, 1.807) is 0 Å². The zero-order valence-electron chi connectivity index (χ0n) is 9.86. The smallest absolute Gasteiger partial charge is 0.225 e. The van der Waals surface area contributed by atoms with Crippen molar-refractivity contribution in [2.45, 2.75) is 32.7 Å². The summed E-state index contributed by atoms with van der Waals surface area (Å²) in [6.45, 7) is 3.80. The van der Waals surface area contributed by atoms with Crippen LogP contribution in [0.5, 0.6) is 0 Å². The third kappa shape index (κ3) is 2.43. The van der Waals surface area contributed by atoms with Crippen LogP contribution in [-0.2, 0) is 11.3 Å². The minimum atomic E-state index is 0.262. The first kappa shape index (κ1) is 11.2. The van der Waals surface area contributed by atoms with Gasteiger partial charge in [-0.3, -0.25) is 4.79 Å². The van der Waals surface area contributed by atoms with Crippen molar-refractivity contribution in [3.8, 4) is 0 Å². The van der Waals surface area contributed by atoms with Gasteiger partial charge in [-0.1, -0.05) is 37.3 Å². The molecule has 1 amide bonds. The molecule has 1 aromatic carbocycles. The number of carbonyl (C=O) groups is 1.